The molecule has 0 unspecified atom stereocenters. The Labute approximate surface area is 111 Å². The zero-order valence-corrected chi connectivity index (χ0v) is 11.9. The van der Waals surface area contributed by atoms with Crippen LogP contribution in [0.4, 0.5) is 0 Å². The van der Waals surface area contributed by atoms with E-state index < -0.39 is 17.9 Å². The van der Waals surface area contributed by atoms with Crippen LogP contribution in [0.25, 0.3) is 0 Å². The Morgan fingerprint density at radius 2 is 2.12 bits per heavy atom. The van der Waals surface area contributed by atoms with E-state index in [-0.39, 0.29) is 0 Å². The van der Waals surface area contributed by atoms with Crippen LogP contribution in [-0.4, -0.2) is 30.1 Å². The maximum absolute atomic E-state index is 11.8. The van der Waals surface area contributed by atoms with Crippen LogP contribution < -0.4 is 10.1 Å². The number of carboxylic acid groups (broad SMARTS) is 1. The van der Waals surface area contributed by atoms with Gasteiger partial charge in [0, 0.05) is 4.88 Å². The molecule has 17 heavy (non-hydrogen) atoms. The first-order chi connectivity index (χ1) is 7.88. The van der Waals surface area contributed by atoms with Gasteiger partial charge in [0.1, 0.15) is 10.9 Å². The van der Waals surface area contributed by atoms with E-state index in [0.29, 0.717) is 10.6 Å². The molecule has 0 radical (unpaired) electrons. The molecule has 2 N–H and O–H groups in total. The van der Waals surface area contributed by atoms with Crippen molar-refractivity contribution >= 4 is 39.1 Å². The highest BCUT2D eigenvalue weighted by Gasteiger charge is 2.23. The minimum absolute atomic E-state index is 0.366. The van der Waals surface area contributed by atoms with Gasteiger partial charge >= 0.3 is 5.97 Å². The molecule has 1 rings (SSSR count). The lowest BCUT2D eigenvalue weighted by Gasteiger charge is -2.09. The maximum Gasteiger partial charge on any atom is 0.325 e. The number of aliphatic carboxylic acids is 1. The van der Waals surface area contributed by atoms with Gasteiger partial charge in [-0.2, -0.15) is 0 Å². The average molecular weight is 322 g/mol. The Hall–Kier alpha value is -1.08. The summed E-state index contributed by atoms with van der Waals surface area (Å²) in [6.45, 7) is 3.25. The number of thiophene rings is 1. The van der Waals surface area contributed by atoms with Gasteiger partial charge in [0.15, 0.2) is 5.75 Å². The van der Waals surface area contributed by atoms with Crippen LogP contribution in [0.5, 0.6) is 5.75 Å². The molecule has 5 nitrogen and oxygen atoms in total. The smallest absolute Gasteiger partial charge is 0.325 e. The quantitative estimate of drug-likeness (QED) is 0.889. The van der Waals surface area contributed by atoms with Crippen LogP contribution in [0.3, 0.4) is 0 Å². The SMILES string of the molecule is COc1c(C(=O)N[C@@H](C)C(=O)O)sc(C)c1Br. The van der Waals surface area contributed by atoms with Gasteiger partial charge in [0.2, 0.25) is 0 Å². The number of rotatable bonds is 4. The molecular weight excluding hydrogens is 310 g/mol. The Kier molecular flexibility index (Phi) is 4.53. The summed E-state index contributed by atoms with van der Waals surface area (Å²) in [6, 6.07) is -0.937. The highest BCUT2D eigenvalue weighted by atomic mass is 79.9. The third kappa shape index (κ3) is 2.98. The minimum atomic E-state index is -1.08. The first-order valence-electron chi connectivity index (χ1n) is 4.75. The molecule has 1 aromatic heterocycles. The normalized spacial score (nSPS) is 12.0. The number of carbonyl (C=O) groups excluding carboxylic acids is 1. The second-order valence-electron chi connectivity index (χ2n) is 3.37. The third-order valence-corrected chi connectivity index (χ3v) is 4.40. The van der Waals surface area contributed by atoms with Crippen molar-refractivity contribution in [2.45, 2.75) is 19.9 Å². The zero-order valence-electron chi connectivity index (χ0n) is 9.54. The van der Waals surface area contributed by atoms with Crippen molar-refractivity contribution in [2.24, 2.45) is 0 Å². The number of hydrogen-bond donors (Lipinski definition) is 2. The lowest BCUT2D eigenvalue weighted by molar-refractivity contribution is -0.138. The van der Waals surface area contributed by atoms with Crippen LogP contribution in [0.2, 0.25) is 0 Å². The fraction of sp³-hybridized carbons (Fsp3) is 0.400. The summed E-state index contributed by atoms with van der Waals surface area (Å²) < 4.78 is 5.84. The van der Waals surface area contributed by atoms with Gasteiger partial charge in [-0.15, -0.1) is 11.3 Å². The molecule has 0 aromatic carbocycles. The molecule has 0 fully saturated rings. The highest BCUT2D eigenvalue weighted by molar-refractivity contribution is 9.10. The molecule has 0 saturated carbocycles. The standard InChI is InChI=1S/C10H12BrNO4S/c1-4(10(14)15)12-9(13)8-7(16-3)6(11)5(2)17-8/h4H,1-3H3,(H,12,13)(H,14,15)/t4-/m0/s1. The first kappa shape index (κ1) is 14.0. The highest BCUT2D eigenvalue weighted by Crippen LogP contribution is 2.38. The van der Waals surface area contributed by atoms with Crippen molar-refractivity contribution in [3.8, 4) is 5.75 Å². The number of carboxylic acids is 1. The number of nitrogens with one attached hydrogen (secondary N) is 1. The lowest BCUT2D eigenvalue weighted by Crippen LogP contribution is -2.38. The predicted octanol–water partition coefficient (Wildman–Crippen LogP) is 2.03. The van der Waals surface area contributed by atoms with E-state index >= 15 is 0 Å². The number of amides is 1. The van der Waals surface area contributed by atoms with Gasteiger partial charge < -0.3 is 15.2 Å². The molecule has 1 atom stereocenters. The number of carbonyl (C=O) groups is 2. The zero-order chi connectivity index (χ0) is 13.2. The number of ether oxygens (including phenoxy) is 1. The van der Waals surface area contributed by atoms with Crippen LogP contribution in [0.15, 0.2) is 4.47 Å². The van der Waals surface area contributed by atoms with Crippen LogP contribution in [0, 0.1) is 6.92 Å². The molecule has 0 spiro atoms. The summed E-state index contributed by atoms with van der Waals surface area (Å²) in [7, 11) is 1.46. The number of methoxy groups -OCH3 is 1. The molecule has 0 bridgehead atoms. The van der Waals surface area contributed by atoms with Crippen molar-refractivity contribution in [2.75, 3.05) is 7.11 Å². The van der Waals surface area contributed by atoms with Crippen molar-refractivity contribution in [3.63, 3.8) is 0 Å². The summed E-state index contributed by atoms with van der Waals surface area (Å²) in [6.07, 6.45) is 0. The predicted molar refractivity (Wildman–Crippen MR) is 67.9 cm³/mol. The van der Waals surface area contributed by atoms with E-state index in [1.54, 1.807) is 0 Å². The Bertz CT molecular complexity index is 457. The third-order valence-electron chi connectivity index (χ3n) is 2.10. The van der Waals surface area contributed by atoms with Gasteiger partial charge in [0.05, 0.1) is 11.6 Å². The summed E-state index contributed by atoms with van der Waals surface area (Å²) in [5, 5.41) is 11.1. The molecule has 94 valence electrons. The van der Waals surface area contributed by atoms with E-state index in [4.69, 9.17) is 9.84 Å². The summed E-state index contributed by atoms with van der Waals surface area (Å²) in [5.74, 6) is -1.09. The van der Waals surface area contributed by atoms with Crippen LogP contribution >= 0.6 is 27.3 Å². The van der Waals surface area contributed by atoms with Gasteiger partial charge in [-0.25, -0.2) is 0 Å². The van der Waals surface area contributed by atoms with E-state index in [0.717, 1.165) is 9.35 Å². The molecule has 0 aliphatic carbocycles. The van der Waals surface area contributed by atoms with Gasteiger partial charge in [-0.05, 0) is 29.8 Å². The van der Waals surface area contributed by atoms with Crippen LogP contribution in [0.1, 0.15) is 21.5 Å². The maximum atomic E-state index is 11.8. The summed E-state index contributed by atoms with van der Waals surface area (Å²) in [5.41, 5.74) is 0. The first-order valence-corrected chi connectivity index (χ1v) is 6.36. The number of hydrogen-bond acceptors (Lipinski definition) is 4. The summed E-state index contributed by atoms with van der Waals surface area (Å²) in [4.78, 5) is 23.7. The van der Waals surface area contributed by atoms with Gasteiger partial charge in [0.25, 0.3) is 5.91 Å². The number of halogens is 1. The minimum Gasteiger partial charge on any atom is -0.494 e. The Balaban J connectivity index is 2.97. The summed E-state index contributed by atoms with van der Waals surface area (Å²) >= 11 is 4.56. The largest absolute Gasteiger partial charge is 0.494 e. The van der Waals surface area contributed by atoms with Crippen molar-refractivity contribution in [3.05, 3.63) is 14.2 Å². The molecule has 1 heterocycles. The second-order valence-corrected chi connectivity index (χ2v) is 5.39. The van der Waals surface area contributed by atoms with E-state index in [2.05, 4.69) is 21.2 Å². The van der Waals surface area contributed by atoms with E-state index in [1.165, 1.54) is 25.4 Å². The lowest BCUT2D eigenvalue weighted by atomic mass is 10.3. The average Bonchev–Trinajstić information content (AvgIpc) is 2.55. The fourth-order valence-electron chi connectivity index (χ4n) is 1.16. The molecule has 7 heteroatoms. The molecule has 1 amide bonds. The topological polar surface area (TPSA) is 75.6 Å². The van der Waals surface area contributed by atoms with Gasteiger partial charge in [-0.3, -0.25) is 9.59 Å². The van der Waals surface area contributed by atoms with Crippen LogP contribution in [-0.2, 0) is 4.79 Å². The molecule has 0 aliphatic heterocycles. The molecular formula is C10H12BrNO4S. The monoisotopic (exact) mass is 321 g/mol. The Morgan fingerprint density at radius 1 is 1.53 bits per heavy atom. The molecule has 1 aromatic rings. The van der Waals surface area contributed by atoms with E-state index in [9.17, 15) is 9.59 Å². The van der Waals surface area contributed by atoms with Crippen molar-refractivity contribution in [1.29, 1.82) is 0 Å². The Morgan fingerprint density at radius 3 is 2.59 bits per heavy atom. The molecule has 0 aliphatic rings. The fourth-order valence-corrected chi connectivity index (χ4v) is 2.81. The van der Waals surface area contributed by atoms with Crippen molar-refractivity contribution < 1.29 is 19.4 Å². The second kappa shape index (κ2) is 5.50. The van der Waals surface area contributed by atoms with Gasteiger partial charge in [-0.1, -0.05) is 0 Å². The van der Waals surface area contributed by atoms with Crippen molar-refractivity contribution in [1.82, 2.24) is 5.32 Å². The molecule has 0 saturated heterocycles. The van der Waals surface area contributed by atoms with E-state index in [1.807, 2.05) is 6.92 Å². The number of aryl methyl sites for hydroxylation is 1.